The Morgan fingerprint density at radius 1 is 0.434 bits per heavy atom. The van der Waals surface area contributed by atoms with Gasteiger partial charge >= 0.3 is 0 Å². The number of benzene rings is 6. The van der Waals surface area contributed by atoms with Crippen molar-refractivity contribution in [3.63, 3.8) is 0 Å². The van der Waals surface area contributed by atoms with Crippen LogP contribution in [-0.2, 0) is 5.41 Å². The molecule has 53 heavy (non-hydrogen) atoms. The number of fused-ring (bicyclic) bond motifs is 10. The summed E-state index contributed by atoms with van der Waals surface area (Å²) in [6, 6.07) is 58.5. The summed E-state index contributed by atoms with van der Waals surface area (Å²) >= 11 is 0. The van der Waals surface area contributed by atoms with Crippen LogP contribution in [0.4, 0.5) is 5.82 Å². The Hall–Kier alpha value is -7.40. The molecule has 10 rings (SSSR count). The van der Waals surface area contributed by atoms with Gasteiger partial charge in [0.1, 0.15) is 18.0 Å². The van der Waals surface area contributed by atoms with Gasteiger partial charge in [-0.2, -0.15) is 5.26 Å². The normalized spacial score (nSPS) is 12.6. The van der Waals surface area contributed by atoms with Gasteiger partial charge in [0, 0.05) is 6.20 Å². The smallest absolute Gasteiger partial charge is 0.270 e. The molecular formula is C49H28N4. The van der Waals surface area contributed by atoms with E-state index in [2.05, 4.69) is 154 Å². The molecule has 4 nitrogen and oxygen atoms in total. The molecule has 0 atom stereocenters. The van der Waals surface area contributed by atoms with E-state index >= 15 is 0 Å². The first-order valence-corrected chi connectivity index (χ1v) is 17.6. The van der Waals surface area contributed by atoms with E-state index in [0.29, 0.717) is 11.5 Å². The van der Waals surface area contributed by atoms with Crippen LogP contribution in [0.1, 0.15) is 27.9 Å². The van der Waals surface area contributed by atoms with Gasteiger partial charge < -0.3 is 4.85 Å². The van der Waals surface area contributed by atoms with Gasteiger partial charge in [-0.25, -0.2) is 4.98 Å². The van der Waals surface area contributed by atoms with Crippen molar-refractivity contribution >= 4 is 5.82 Å². The Bertz CT molecular complexity index is 2690. The highest BCUT2D eigenvalue weighted by atomic mass is 14.8. The van der Waals surface area contributed by atoms with Crippen LogP contribution in [0, 0.1) is 17.9 Å². The second-order valence-corrected chi connectivity index (χ2v) is 13.6. The third-order valence-corrected chi connectivity index (χ3v) is 10.9. The molecule has 0 saturated carbocycles. The number of aromatic nitrogens is 2. The molecule has 8 aromatic rings. The molecular weight excluding hydrogens is 645 g/mol. The molecule has 0 bridgehead atoms. The van der Waals surface area contributed by atoms with Crippen LogP contribution in [0.3, 0.4) is 0 Å². The fourth-order valence-corrected chi connectivity index (χ4v) is 8.59. The zero-order chi connectivity index (χ0) is 35.5. The van der Waals surface area contributed by atoms with Crippen LogP contribution >= 0.6 is 0 Å². The first-order valence-electron chi connectivity index (χ1n) is 17.6. The summed E-state index contributed by atoms with van der Waals surface area (Å²) in [5, 5.41) is 9.47. The van der Waals surface area contributed by atoms with Gasteiger partial charge in [-0.3, -0.25) is 0 Å². The van der Waals surface area contributed by atoms with Gasteiger partial charge in [0.25, 0.3) is 5.82 Å². The number of rotatable bonds is 4. The minimum Gasteiger partial charge on any atom is -0.361 e. The first-order chi connectivity index (χ1) is 26.1. The average Bonchev–Trinajstić information content (AvgIpc) is 3.70. The fourth-order valence-electron chi connectivity index (χ4n) is 8.59. The quantitative estimate of drug-likeness (QED) is 0.175. The monoisotopic (exact) mass is 672 g/mol. The van der Waals surface area contributed by atoms with Crippen molar-refractivity contribution in [3.05, 3.63) is 209 Å². The lowest BCUT2D eigenvalue weighted by atomic mass is 9.70. The average molecular weight is 673 g/mol. The van der Waals surface area contributed by atoms with Crippen LogP contribution in [0.25, 0.3) is 71.6 Å². The SMILES string of the molecule is [C-]#[N+]c1cc(-c2cccc(-c3ccc4c(c3)-c3cc(-c5cccc(-c6ccnc(C#N)c6)c5)ccc3C43c4ccccc4-c4ccccc43)c2)ccn1. The predicted octanol–water partition coefficient (Wildman–Crippen LogP) is 11.9. The molecule has 2 aliphatic carbocycles. The van der Waals surface area contributed by atoms with Gasteiger partial charge in [0.2, 0.25) is 0 Å². The number of hydrogen-bond donors (Lipinski definition) is 0. The van der Waals surface area contributed by atoms with Crippen molar-refractivity contribution in [2.45, 2.75) is 5.41 Å². The summed E-state index contributed by atoms with van der Waals surface area (Å²) in [6.07, 6.45) is 3.39. The summed E-state index contributed by atoms with van der Waals surface area (Å²) < 4.78 is 0. The van der Waals surface area contributed by atoms with Gasteiger partial charge in [-0.1, -0.05) is 116 Å². The van der Waals surface area contributed by atoms with E-state index in [1.165, 1.54) is 44.5 Å². The van der Waals surface area contributed by atoms with Crippen LogP contribution in [0.15, 0.2) is 170 Å². The van der Waals surface area contributed by atoms with Crippen LogP contribution < -0.4 is 0 Å². The van der Waals surface area contributed by atoms with E-state index in [1.54, 1.807) is 12.4 Å². The van der Waals surface area contributed by atoms with Crippen molar-refractivity contribution < 1.29 is 0 Å². The minimum atomic E-state index is -0.448. The Morgan fingerprint density at radius 2 is 0.887 bits per heavy atom. The van der Waals surface area contributed by atoms with Gasteiger partial charge in [0.15, 0.2) is 0 Å². The van der Waals surface area contributed by atoms with E-state index in [-0.39, 0.29) is 0 Å². The minimum absolute atomic E-state index is 0.388. The summed E-state index contributed by atoms with van der Waals surface area (Å²) in [7, 11) is 0. The topological polar surface area (TPSA) is 53.9 Å². The molecule has 6 aromatic carbocycles. The standard InChI is InChI=1S/C49H28N4/c1-51-48-29-38(21-23-53-48)34-11-7-9-32(25-34)36-17-19-47-43(28-36)42-27-35(31-8-6-10-33(24-31)37-20-22-52-39(26-37)30-50)16-18-46(42)49(47)44-14-4-2-12-40(44)41-13-3-5-15-45(41)49/h2-29H. The second kappa shape index (κ2) is 11.8. The van der Waals surface area contributed by atoms with Crippen molar-refractivity contribution in [3.8, 4) is 72.8 Å². The molecule has 244 valence electrons. The first kappa shape index (κ1) is 30.4. The molecule has 2 aromatic heterocycles. The van der Waals surface area contributed by atoms with Gasteiger partial charge in [-0.05, 0) is 138 Å². The molecule has 4 heteroatoms. The Kier molecular flexibility index (Phi) is 6.80. The largest absolute Gasteiger partial charge is 0.361 e. The molecule has 0 N–H and O–H groups in total. The highest BCUT2D eigenvalue weighted by Crippen LogP contribution is 2.63. The molecule has 2 heterocycles. The zero-order valence-electron chi connectivity index (χ0n) is 28.5. The molecule has 0 fully saturated rings. The summed E-state index contributed by atoms with van der Waals surface area (Å²) in [5.41, 5.74) is 18.6. The molecule has 2 aliphatic rings. The van der Waals surface area contributed by atoms with Gasteiger partial charge in [-0.15, -0.1) is 4.98 Å². The molecule has 0 aliphatic heterocycles. The van der Waals surface area contributed by atoms with Crippen molar-refractivity contribution in [1.29, 1.82) is 5.26 Å². The van der Waals surface area contributed by atoms with E-state index < -0.39 is 5.41 Å². The number of hydrogen-bond acceptors (Lipinski definition) is 3. The summed E-state index contributed by atoms with van der Waals surface area (Å²) in [6.45, 7) is 7.45. The van der Waals surface area contributed by atoms with E-state index in [9.17, 15) is 5.26 Å². The maximum atomic E-state index is 9.47. The zero-order valence-corrected chi connectivity index (χ0v) is 28.5. The summed E-state index contributed by atoms with van der Waals surface area (Å²) in [5.74, 6) is 0.388. The van der Waals surface area contributed by atoms with Crippen LogP contribution in [-0.4, -0.2) is 9.97 Å². The lowest BCUT2D eigenvalue weighted by Gasteiger charge is -2.30. The number of nitrogens with zero attached hydrogens (tertiary/aromatic N) is 4. The Morgan fingerprint density at radius 3 is 1.42 bits per heavy atom. The van der Waals surface area contributed by atoms with Crippen molar-refractivity contribution in [1.82, 2.24) is 9.97 Å². The van der Waals surface area contributed by atoms with E-state index in [1.807, 2.05) is 24.3 Å². The summed E-state index contributed by atoms with van der Waals surface area (Å²) in [4.78, 5) is 11.9. The van der Waals surface area contributed by atoms with Crippen LogP contribution in [0.5, 0.6) is 0 Å². The lowest BCUT2D eigenvalue weighted by Crippen LogP contribution is -2.25. The maximum Gasteiger partial charge on any atom is 0.270 e. The van der Waals surface area contributed by atoms with Crippen LogP contribution in [0.2, 0.25) is 0 Å². The van der Waals surface area contributed by atoms with Gasteiger partial charge in [0.05, 0.1) is 5.41 Å². The molecule has 0 saturated heterocycles. The van der Waals surface area contributed by atoms with Crippen molar-refractivity contribution in [2.75, 3.05) is 0 Å². The lowest BCUT2D eigenvalue weighted by molar-refractivity contribution is 0.794. The van der Waals surface area contributed by atoms with E-state index in [4.69, 9.17) is 6.57 Å². The van der Waals surface area contributed by atoms with Crippen molar-refractivity contribution in [2.24, 2.45) is 0 Å². The predicted molar refractivity (Wildman–Crippen MR) is 211 cm³/mol. The van der Waals surface area contributed by atoms with E-state index in [0.717, 1.165) is 44.5 Å². The fraction of sp³-hybridized carbons (Fsp3) is 0.0204. The third-order valence-electron chi connectivity index (χ3n) is 10.9. The number of nitriles is 1. The highest BCUT2D eigenvalue weighted by molar-refractivity contribution is 5.97. The number of pyridine rings is 2. The molecule has 0 unspecified atom stereocenters. The Labute approximate surface area is 307 Å². The molecule has 0 radical (unpaired) electrons. The highest BCUT2D eigenvalue weighted by Gasteiger charge is 2.51. The second-order valence-electron chi connectivity index (χ2n) is 13.6. The molecule has 0 amide bonds. The molecule has 1 spiro atoms. The maximum absolute atomic E-state index is 9.47. The Balaban J connectivity index is 1.18. The third kappa shape index (κ3) is 4.60.